The molecule has 2 aromatic rings. The summed E-state index contributed by atoms with van der Waals surface area (Å²) in [6, 6.07) is 7.70. The van der Waals surface area contributed by atoms with E-state index < -0.39 is 0 Å². The quantitative estimate of drug-likeness (QED) is 0.616. The van der Waals surface area contributed by atoms with Gasteiger partial charge in [-0.2, -0.15) is 0 Å². The summed E-state index contributed by atoms with van der Waals surface area (Å²) in [5, 5.41) is 0. The van der Waals surface area contributed by atoms with Gasteiger partial charge in [-0.15, -0.1) is 0 Å². The molecule has 1 saturated heterocycles. The van der Waals surface area contributed by atoms with Gasteiger partial charge in [-0.3, -0.25) is 4.79 Å². The maximum atomic E-state index is 12.2. The van der Waals surface area contributed by atoms with Gasteiger partial charge in [-0.1, -0.05) is 0 Å². The summed E-state index contributed by atoms with van der Waals surface area (Å²) in [5.41, 5.74) is 1.77. The Hall–Kier alpha value is -3.20. The zero-order valence-electron chi connectivity index (χ0n) is 18.7. The summed E-state index contributed by atoms with van der Waals surface area (Å²) in [6.07, 6.45) is 2.91. The van der Waals surface area contributed by atoms with Gasteiger partial charge in [0.05, 0.1) is 57.9 Å². The summed E-state index contributed by atoms with van der Waals surface area (Å²) in [6.45, 7) is 2.94. The largest absolute Gasteiger partial charge is 0.491 e. The number of benzene rings is 1. The lowest BCUT2D eigenvalue weighted by Crippen LogP contribution is -2.31. The molecule has 1 fully saturated rings. The highest BCUT2D eigenvalue weighted by molar-refractivity contribution is 5.76. The Labute approximate surface area is 187 Å². The Morgan fingerprint density at radius 2 is 2.06 bits per heavy atom. The summed E-state index contributed by atoms with van der Waals surface area (Å²) in [7, 11) is 4.76. The Kier molecular flexibility index (Phi) is 6.84. The van der Waals surface area contributed by atoms with Crippen molar-refractivity contribution >= 4 is 17.3 Å². The van der Waals surface area contributed by atoms with Crippen LogP contribution >= 0.6 is 0 Å². The number of methoxy groups -OCH3 is 3. The number of anilines is 2. The van der Waals surface area contributed by atoms with E-state index in [2.05, 4.69) is 9.88 Å². The van der Waals surface area contributed by atoms with Crippen LogP contribution in [0.25, 0.3) is 0 Å². The van der Waals surface area contributed by atoms with E-state index in [1.54, 1.807) is 27.5 Å². The minimum atomic E-state index is -0.0414. The first-order chi connectivity index (χ1) is 15.6. The number of hydrogen-bond donors (Lipinski definition) is 0. The average Bonchev–Trinajstić information content (AvgIpc) is 3.30. The SMILES string of the molecule is COCCC(=O)N1CC[C@H](Oc2ccc3c(c2)N(c2cnc(OC)c(OC)c2)CCO3)C1. The molecule has 0 spiro atoms. The topological polar surface area (TPSA) is 82.6 Å². The molecule has 0 saturated carbocycles. The zero-order valence-corrected chi connectivity index (χ0v) is 18.7. The number of fused-ring (bicyclic) bond motifs is 1. The predicted molar refractivity (Wildman–Crippen MR) is 118 cm³/mol. The van der Waals surface area contributed by atoms with E-state index in [0.29, 0.717) is 50.9 Å². The molecule has 9 nitrogen and oxygen atoms in total. The number of pyridine rings is 1. The first-order valence-corrected chi connectivity index (χ1v) is 10.7. The van der Waals surface area contributed by atoms with Gasteiger partial charge in [0.25, 0.3) is 5.88 Å². The van der Waals surface area contributed by atoms with Crippen molar-refractivity contribution in [2.45, 2.75) is 18.9 Å². The maximum Gasteiger partial charge on any atom is 0.256 e. The minimum Gasteiger partial charge on any atom is -0.491 e. The molecule has 1 atom stereocenters. The highest BCUT2D eigenvalue weighted by atomic mass is 16.5. The number of hydrogen-bond acceptors (Lipinski definition) is 8. The van der Waals surface area contributed by atoms with Crippen LogP contribution in [0.2, 0.25) is 0 Å². The standard InChI is InChI=1S/C23H29N3O6/c1-28-10-7-22(27)25-8-6-18(15-25)32-17-4-5-20-19(13-17)26(9-11-31-20)16-12-21(29-2)23(30-3)24-14-16/h4-5,12-14,18H,6-11,15H2,1-3H3/t18-/m0/s1. The van der Waals surface area contributed by atoms with Crippen molar-refractivity contribution in [3.63, 3.8) is 0 Å². The number of rotatable bonds is 8. The fourth-order valence-electron chi connectivity index (χ4n) is 4.00. The maximum absolute atomic E-state index is 12.2. The third kappa shape index (κ3) is 4.67. The zero-order chi connectivity index (χ0) is 22.5. The second-order valence-corrected chi connectivity index (χ2v) is 7.65. The van der Waals surface area contributed by atoms with E-state index in [1.807, 2.05) is 29.2 Å². The van der Waals surface area contributed by atoms with Gasteiger partial charge < -0.3 is 33.5 Å². The molecule has 3 heterocycles. The molecular formula is C23H29N3O6. The van der Waals surface area contributed by atoms with Crippen molar-refractivity contribution in [1.29, 1.82) is 0 Å². The molecule has 0 radical (unpaired) electrons. The second kappa shape index (κ2) is 9.95. The van der Waals surface area contributed by atoms with Crippen LogP contribution < -0.4 is 23.8 Å². The van der Waals surface area contributed by atoms with E-state index in [9.17, 15) is 4.79 Å². The normalized spacial score (nSPS) is 17.5. The third-order valence-electron chi connectivity index (χ3n) is 5.64. The van der Waals surface area contributed by atoms with Crippen molar-refractivity contribution in [1.82, 2.24) is 9.88 Å². The number of carbonyl (C=O) groups is 1. The van der Waals surface area contributed by atoms with Crippen LogP contribution in [-0.2, 0) is 9.53 Å². The molecular weight excluding hydrogens is 414 g/mol. The van der Waals surface area contributed by atoms with Crippen LogP contribution in [0.1, 0.15) is 12.8 Å². The van der Waals surface area contributed by atoms with Crippen molar-refractivity contribution < 1.29 is 28.5 Å². The molecule has 32 heavy (non-hydrogen) atoms. The van der Waals surface area contributed by atoms with Crippen LogP contribution in [0, 0.1) is 0 Å². The van der Waals surface area contributed by atoms with Crippen LogP contribution in [-0.4, -0.2) is 76.1 Å². The number of ether oxygens (including phenoxy) is 5. The van der Waals surface area contributed by atoms with Gasteiger partial charge in [0.15, 0.2) is 5.75 Å². The van der Waals surface area contributed by atoms with Gasteiger partial charge in [-0.25, -0.2) is 4.98 Å². The average molecular weight is 444 g/mol. The third-order valence-corrected chi connectivity index (χ3v) is 5.64. The summed E-state index contributed by atoms with van der Waals surface area (Å²) in [4.78, 5) is 20.6. The van der Waals surface area contributed by atoms with Crippen molar-refractivity contribution in [2.24, 2.45) is 0 Å². The number of nitrogens with zero attached hydrogens (tertiary/aromatic N) is 3. The number of carbonyl (C=O) groups excluding carboxylic acids is 1. The molecule has 2 aliphatic rings. The Balaban J connectivity index is 1.49. The van der Waals surface area contributed by atoms with E-state index >= 15 is 0 Å². The first-order valence-electron chi connectivity index (χ1n) is 10.7. The highest BCUT2D eigenvalue weighted by Gasteiger charge is 2.28. The van der Waals surface area contributed by atoms with Gasteiger partial charge in [-0.05, 0) is 12.1 Å². The van der Waals surface area contributed by atoms with Crippen molar-refractivity contribution in [3.05, 3.63) is 30.5 Å². The smallest absolute Gasteiger partial charge is 0.256 e. The van der Waals surface area contributed by atoms with Gasteiger partial charge in [0.1, 0.15) is 24.2 Å². The van der Waals surface area contributed by atoms with Gasteiger partial charge >= 0.3 is 0 Å². The lowest BCUT2D eigenvalue weighted by molar-refractivity contribution is -0.131. The molecule has 0 bridgehead atoms. The highest BCUT2D eigenvalue weighted by Crippen LogP contribution is 2.41. The predicted octanol–water partition coefficient (Wildman–Crippen LogP) is 2.65. The molecule has 0 unspecified atom stereocenters. The van der Waals surface area contributed by atoms with Crippen molar-refractivity contribution in [2.75, 3.05) is 59.1 Å². The van der Waals surface area contributed by atoms with E-state index in [-0.39, 0.29) is 12.0 Å². The Bertz CT molecular complexity index is 953. The monoisotopic (exact) mass is 443 g/mol. The molecule has 0 aliphatic carbocycles. The van der Waals surface area contributed by atoms with Gasteiger partial charge in [0.2, 0.25) is 5.91 Å². The van der Waals surface area contributed by atoms with Gasteiger partial charge in [0, 0.05) is 32.2 Å². The summed E-state index contributed by atoms with van der Waals surface area (Å²) in [5.74, 6) is 2.62. The van der Waals surface area contributed by atoms with E-state index in [4.69, 9.17) is 23.7 Å². The van der Waals surface area contributed by atoms with Crippen LogP contribution in [0.5, 0.6) is 23.1 Å². The van der Waals surface area contributed by atoms with Crippen LogP contribution in [0.15, 0.2) is 30.5 Å². The summed E-state index contributed by atoms with van der Waals surface area (Å²) >= 11 is 0. The molecule has 4 rings (SSSR count). The molecule has 9 heteroatoms. The number of aromatic nitrogens is 1. The molecule has 172 valence electrons. The number of likely N-dealkylation sites (tertiary alicyclic amines) is 1. The summed E-state index contributed by atoms with van der Waals surface area (Å²) < 4.78 is 27.7. The molecule has 1 aromatic carbocycles. The fraction of sp³-hybridized carbons (Fsp3) is 0.478. The fourth-order valence-corrected chi connectivity index (χ4v) is 4.00. The molecule has 2 aliphatic heterocycles. The van der Waals surface area contributed by atoms with Crippen LogP contribution in [0.4, 0.5) is 11.4 Å². The first kappa shape index (κ1) is 22.0. The van der Waals surface area contributed by atoms with Crippen LogP contribution in [0.3, 0.4) is 0 Å². The van der Waals surface area contributed by atoms with E-state index in [0.717, 1.165) is 29.3 Å². The number of amides is 1. The van der Waals surface area contributed by atoms with Crippen molar-refractivity contribution in [3.8, 4) is 23.1 Å². The lowest BCUT2D eigenvalue weighted by atomic mass is 10.2. The van der Waals surface area contributed by atoms with E-state index in [1.165, 1.54) is 0 Å². The lowest BCUT2D eigenvalue weighted by Gasteiger charge is -2.31. The Morgan fingerprint density at radius 3 is 2.84 bits per heavy atom. The minimum absolute atomic E-state index is 0.0414. The second-order valence-electron chi connectivity index (χ2n) is 7.65. The molecule has 1 aromatic heterocycles. The Morgan fingerprint density at radius 1 is 1.19 bits per heavy atom. The molecule has 1 amide bonds. The molecule has 0 N–H and O–H groups in total.